The highest BCUT2D eigenvalue weighted by Crippen LogP contribution is 2.35. The number of hydrogen-bond acceptors (Lipinski definition) is 5. The Balaban J connectivity index is 2.00. The molecule has 2 heterocycles. The molecule has 0 bridgehead atoms. The van der Waals surface area contributed by atoms with Gasteiger partial charge in [-0.3, -0.25) is 9.48 Å². The van der Waals surface area contributed by atoms with E-state index in [1.807, 2.05) is 13.0 Å². The molecular weight excluding hydrogens is 476 g/mol. The van der Waals surface area contributed by atoms with Gasteiger partial charge in [-0.05, 0) is 54.3 Å². The average molecular weight is 489 g/mol. The molecule has 5 nitrogen and oxygen atoms in total. The van der Waals surface area contributed by atoms with Crippen LogP contribution in [0.5, 0.6) is 11.5 Å². The molecule has 6 radical (unpaired) electrons. The van der Waals surface area contributed by atoms with Crippen molar-refractivity contribution in [1.29, 1.82) is 0 Å². The minimum atomic E-state index is -0.594. The normalized spacial score (nSPS) is 12.1. The van der Waals surface area contributed by atoms with Gasteiger partial charge in [0.05, 0.1) is 22.3 Å². The second kappa shape index (κ2) is 8.97. The molecule has 0 fully saturated rings. The molecule has 0 spiro atoms. The van der Waals surface area contributed by atoms with Gasteiger partial charge in [0.2, 0.25) is 0 Å². The van der Waals surface area contributed by atoms with Gasteiger partial charge in [0.15, 0.2) is 6.29 Å². The van der Waals surface area contributed by atoms with Gasteiger partial charge in [0.25, 0.3) is 0 Å². The quantitative estimate of drug-likeness (QED) is 0.257. The van der Waals surface area contributed by atoms with E-state index in [9.17, 15) is 15.0 Å². The summed E-state index contributed by atoms with van der Waals surface area (Å²) in [6.45, 7) is 1.89. The summed E-state index contributed by atoms with van der Waals surface area (Å²) >= 11 is 13.7. The smallest absolute Gasteiger partial charge is 0.160 e. The third-order valence-electron chi connectivity index (χ3n) is 5.26. The summed E-state index contributed by atoms with van der Waals surface area (Å²) in [5.74, 6) is -1.17. The van der Waals surface area contributed by atoms with Crippen LogP contribution in [-0.2, 0) is 0 Å². The van der Waals surface area contributed by atoms with Crippen molar-refractivity contribution < 1.29 is 15.0 Å². The molecule has 1 atom stereocenters. The van der Waals surface area contributed by atoms with Crippen molar-refractivity contribution in [2.45, 2.75) is 13.0 Å². The van der Waals surface area contributed by atoms with Gasteiger partial charge in [-0.1, -0.05) is 34.1 Å². The van der Waals surface area contributed by atoms with E-state index in [-0.39, 0.29) is 28.0 Å². The SMILES string of the molecule is [B]c1c([B])c(-c2cc(-c3cc(Cl)cc(Cl)c3)nn2C(C)c2ccc(C=O)s2)c([B])c(O)c1O. The lowest BCUT2D eigenvalue weighted by Crippen LogP contribution is -2.34. The van der Waals surface area contributed by atoms with Crippen molar-refractivity contribution in [3.63, 3.8) is 0 Å². The second-order valence-electron chi connectivity index (χ2n) is 7.36. The Morgan fingerprint density at radius 2 is 1.64 bits per heavy atom. The number of halogens is 2. The van der Waals surface area contributed by atoms with Gasteiger partial charge in [0.1, 0.15) is 35.0 Å². The molecule has 0 saturated heterocycles. The molecule has 0 aliphatic heterocycles. The summed E-state index contributed by atoms with van der Waals surface area (Å²) in [5, 5.41) is 26.0. The van der Waals surface area contributed by atoms with E-state index >= 15 is 0 Å². The minimum Gasteiger partial charge on any atom is -0.505 e. The number of benzene rings is 2. The fourth-order valence-electron chi connectivity index (χ4n) is 3.55. The Hall–Kier alpha value is -2.61. The van der Waals surface area contributed by atoms with Crippen LogP contribution < -0.4 is 16.4 Å². The van der Waals surface area contributed by atoms with Crippen LogP contribution in [0.25, 0.3) is 22.5 Å². The van der Waals surface area contributed by atoms with E-state index in [2.05, 4.69) is 0 Å². The molecule has 4 aromatic rings. The van der Waals surface area contributed by atoms with Crippen LogP contribution in [0, 0.1) is 0 Å². The van der Waals surface area contributed by atoms with Crippen LogP contribution in [0.1, 0.15) is 27.5 Å². The first-order chi connectivity index (χ1) is 15.6. The monoisotopic (exact) mass is 488 g/mol. The predicted molar refractivity (Wildman–Crippen MR) is 136 cm³/mol. The van der Waals surface area contributed by atoms with Crippen molar-refractivity contribution in [3.8, 4) is 34.0 Å². The fraction of sp³-hybridized carbons (Fsp3) is 0.0909. The van der Waals surface area contributed by atoms with E-state index < -0.39 is 11.5 Å². The zero-order chi connectivity index (χ0) is 24.0. The number of hydrogen-bond donors (Lipinski definition) is 2. The van der Waals surface area contributed by atoms with Crippen LogP contribution in [-0.4, -0.2) is 49.8 Å². The number of aromatic nitrogens is 2. The zero-order valence-electron chi connectivity index (χ0n) is 17.2. The second-order valence-corrected chi connectivity index (χ2v) is 9.38. The molecular formula is C22H13B3Cl2N2O3S. The molecule has 1 unspecified atom stereocenters. The van der Waals surface area contributed by atoms with Crippen LogP contribution >= 0.6 is 34.5 Å². The third kappa shape index (κ3) is 4.21. The highest BCUT2D eigenvalue weighted by atomic mass is 35.5. The Morgan fingerprint density at radius 3 is 2.24 bits per heavy atom. The highest BCUT2D eigenvalue weighted by Gasteiger charge is 2.24. The maximum atomic E-state index is 11.2. The molecule has 0 saturated carbocycles. The Bertz CT molecular complexity index is 1350. The van der Waals surface area contributed by atoms with Crippen molar-refractivity contribution >= 4 is 80.8 Å². The van der Waals surface area contributed by atoms with Gasteiger partial charge in [-0.25, -0.2) is 0 Å². The third-order valence-corrected chi connectivity index (χ3v) is 6.87. The molecule has 2 N–H and O–H groups in total. The van der Waals surface area contributed by atoms with E-state index in [1.54, 1.807) is 35.0 Å². The largest absolute Gasteiger partial charge is 0.505 e. The van der Waals surface area contributed by atoms with Crippen molar-refractivity contribution in [2.75, 3.05) is 0 Å². The first-order valence-corrected chi connectivity index (χ1v) is 11.2. The van der Waals surface area contributed by atoms with Crippen LogP contribution in [0.4, 0.5) is 0 Å². The van der Waals surface area contributed by atoms with Gasteiger partial charge in [-0.2, -0.15) is 5.10 Å². The van der Waals surface area contributed by atoms with Crippen molar-refractivity contribution in [1.82, 2.24) is 9.78 Å². The molecule has 158 valence electrons. The lowest BCUT2D eigenvalue weighted by atomic mass is 9.71. The van der Waals surface area contributed by atoms with Crippen LogP contribution in [0.2, 0.25) is 10.0 Å². The number of rotatable bonds is 5. The Kier molecular flexibility index (Phi) is 6.40. The average Bonchev–Trinajstić information content (AvgIpc) is 3.43. The number of carbonyl (C=O) groups excluding carboxylic acids is 1. The van der Waals surface area contributed by atoms with E-state index in [0.717, 1.165) is 11.2 Å². The molecule has 2 aromatic heterocycles. The summed E-state index contributed by atoms with van der Waals surface area (Å²) in [5.41, 5.74) is 1.45. The van der Waals surface area contributed by atoms with Gasteiger partial charge >= 0.3 is 0 Å². The maximum Gasteiger partial charge on any atom is 0.160 e. The number of aromatic hydroxyl groups is 2. The number of thiophene rings is 1. The molecule has 4 rings (SSSR count). The van der Waals surface area contributed by atoms with Crippen molar-refractivity contribution in [3.05, 3.63) is 56.2 Å². The number of carbonyl (C=O) groups is 1. The van der Waals surface area contributed by atoms with E-state index in [4.69, 9.17) is 51.8 Å². The predicted octanol–water partition coefficient (Wildman–Crippen LogP) is 2.80. The number of nitrogens with zero attached hydrogens (tertiary/aromatic N) is 2. The van der Waals surface area contributed by atoms with Gasteiger partial charge in [0, 0.05) is 20.5 Å². The summed E-state index contributed by atoms with van der Waals surface area (Å²) in [6.07, 6.45) is 0.777. The van der Waals surface area contributed by atoms with E-state index in [1.165, 1.54) is 11.3 Å². The lowest BCUT2D eigenvalue weighted by molar-refractivity contribution is 0.112. The van der Waals surface area contributed by atoms with Crippen LogP contribution in [0.15, 0.2) is 36.4 Å². The zero-order valence-corrected chi connectivity index (χ0v) is 19.5. The fourth-order valence-corrected chi connectivity index (χ4v) is 4.94. The number of aldehydes is 1. The summed E-state index contributed by atoms with van der Waals surface area (Å²) in [4.78, 5) is 12.6. The lowest BCUT2D eigenvalue weighted by Gasteiger charge is -2.21. The van der Waals surface area contributed by atoms with Gasteiger partial charge in [-0.15, -0.1) is 11.3 Å². The number of phenols is 2. The summed E-state index contributed by atoms with van der Waals surface area (Å²) < 4.78 is 1.66. The first kappa shape index (κ1) is 23.5. The molecule has 11 heteroatoms. The molecule has 0 amide bonds. The Morgan fingerprint density at radius 1 is 1.00 bits per heavy atom. The summed E-state index contributed by atoms with van der Waals surface area (Å²) in [7, 11) is 18.3. The molecule has 0 aliphatic carbocycles. The minimum absolute atomic E-state index is 0.00779. The van der Waals surface area contributed by atoms with Gasteiger partial charge < -0.3 is 10.2 Å². The van der Waals surface area contributed by atoms with Crippen LogP contribution in [0.3, 0.4) is 0 Å². The summed E-state index contributed by atoms with van der Waals surface area (Å²) in [6, 6.07) is 9.93. The molecule has 33 heavy (non-hydrogen) atoms. The van der Waals surface area contributed by atoms with Crippen molar-refractivity contribution in [2.24, 2.45) is 0 Å². The molecule has 0 aliphatic rings. The highest BCUT2D eigenvalue weighted by molar-refractivity contribution is 7.13. The molecule has 2 aromatic carbocycles. The topological polar surface area (TPSA) is 75.4 Å². The maximum absolute atomic E-state index is 11.2. The van der Waals surface area contributed by atoms with E-state index in [0.29, 0.717) is 31.9 Å². The standard InChI is InChI=1S/C22H13B3Cl2N2O3S/c1-9(16-3-2-13(8-30)33-16)29-15(17-18(23)20(25)22(32)21(31)19(17)24)7-14(28-29)10-4-11(26)6-12(27)5-10/h2-9,31-32H,1H3. The Labute approximate surface area is 208 Å². The first-order valence-electron chi connectivity index (χ1n) is 9.62. The number of phenolic OH excluding ortho intramolecular Hbond substituents is 2.